The molecule has 1 aromatic rings. The number of phenols is 1. The number of rotatable bonds is 5. The van der Waals surface area contributed by atoms with Gasteiger partial charge in [0.05, 0.1) is 6.42 Å². The van der Waals surface area contributed by atoms with Crippen LogP contribution in [0.25, 0.3) is 0 Å². The summed E-state index contributed by atoms with van der Waals surface area (Å²) in [5, 5.41) is 18.0. The van der Waals surface area contributed by atoms with E-state index < -0.39 is 5.97 Å². The molecule has 1 aromatic carbocycles. The highest BCUT2D eigenvalue weighted by Gasteiger charge is 2.33. The van der Waals surface area contributed by atoms with Gasteiger partial charge in [-0.05, 0) is 31.0 Å². The molecular formula is C13H15NO4. The Hall–Kier alpha value is -2.04. The van der Waals surface area contributed by atoms with E-state index in [1.807, 2.05) is 0 Å². The van der Waals surface area contributed by atoms with Crippen molar-refractivity contribution < 1.29 is 19.8 Å². The molecule has 0 unspecified atom stereocenters. The first-order valence-electron chi connectivity index (χ1n) is 5.89. The van der Waals surface area contributed by atoms with Gasteiger partial charge in [0.2, 0.25) is 0 Å². The van der Waals surface area contributed by atoms with E-state index in [4.69, 9.17) is 5.11 Å². The average Bonchev–Trinajstić information content (AvgIpc) is 3.13. The number of hydrogen-bond acceptors (Lipinski definition) is 3. The van der Waals surface area contributed by atoms with Crippen LogP contribution in [0.1, 0.15) is 29.6 Å². The number of nitrogens with zero attached hydrogens (tertiary/aromatic N) is 1. The van der Waals surface area contributed by atoms with Crippen LogP contribution in [0.5, 0.6) is 5.75 Å². The number of benzene rings is 1. The van der Waals surface area contributed by atoms with Crippen LogP contribution in [0.3, 0.4) is 0 Å². The molecular weight excluding hydrogens is 234 g/mol. The van der Waals surface area contributed by atoms with Gasteiger partial charge in [-0.3, -0.25) is 9.59 Å². The molecule has 0 aromatic heterocycles. The third-order valence-electron chi connectivity index (χ3n) is 2.91. The monoisotopic (exact) mass is 249 g/mol. The fourth-order valence-corrected chi connectivity index (χ4v) is 1.86. The minimum atomic E-state index is -0.913. The third kappa shape index (κ3) is 3.00. The molecule has 96 valence electrons. The van der Waals surface area contributed by atoms with Crippen LogP contribution in [0.2, 0.25) is 0 Å². The Kier molecular flexibility index (Phi) is 3.50. The summed E-state index contributed by atoms with van der Waals surface area (Å²) in [5.74, 6) is -1.09. The Labute approximate surface area is 105 Å². The van der Waals surface area contributed by atoms with Crippen LogP contribution >= 0.6 is 0 Å². The minimum absolute atomic E-state index is 0.0369. The maximum absolute atomic E-state index is 12.2. The molecule has 1 saturated carbocycles. The van der Waals surface area contributed by atoms with Crippen LogP contribution < -0.4 is 0 Å². The molecule has 1 aliphatic carbocycles. The van der Waals surface area contributed by atoms with Crippen molar-refractivity contribution in [1.82, 2.24) is 4.90 Å². The number of carbonyl (C=O) groups excluding carboxylic acids is 1. The van der Waals surface area contributed by atoms with Crippen molar-refractivity contribution in [3.63, 3.8) is 0 Å². The minimum Gasteiger partial charge on any atom is -0.508 e. The van der Waals surface area contributed by atoms with E-state index in [-0.39, 0.29) is 30.7 Å². The second-order valence-electron chi connectivity index (χ2n) is 4.42. The number of aromatic hydroxyl groups is 1. The zero-order valence-corrected chi connectivity index (χ0v) is 9.87. The van der Waals surface area contributed by atoms with E-state index in [9.17, 15) is 14.7 Å². The first kappa shape index (κ1) is 12.4. The summed E-state index contributed by atoms with van der Waals surface area (Å²) in [6.45, 7) is 0.217. The second-order valence-corrected chi connectivity index (χ2v) is 4.42. The highest BCUT2D eigenvalue weighted by atomic mass is 16.4. The molecule has 0 heterocycles. The molecule has 0 aliphatic heterocycles. The highest BCUT2D eigenvalue weighted by molar-refractivity contribution is 5.95. The summed E-state index contributed by atoms with van der Waals surface area (Å²) in [7, 11) is 0. The van der Waals surface area contributed by atoms with Gasteiger partial charge >= 0.3 is 5.97 Å². The van der Waals surface area contributed by atoms with Crippen LogP contribution in [0.4, 0.5) is 0 Å². The normalized spacial score (nSPS) is 14.2. The number of carbonyl (C=O) groups is 2. The molecule has 1 fully saturated rings. The van der Waals surface area contributed by atoms with Crippen molar-refractivity contribution in [1.29, 1.82) is 0 Å². The fraction of sp³-hybridized carbons (Fsp3) is 0.385. The van der Waals surface area contributed by atoms with Crippen LogP contribution in [0.15, 0.2) is 24.3 Å². The van der Waals surface area contributed by atoms with Crippen molar-refractivity contribution in [3.8, 4) is 5.75 Å². The Balaban J connectivity index is 2.10. The Morgan fingerprint density at radius 3 is 2.61 bits per heavy atom. The lowest BCUT2D eigenvalue weighted by Crippen LogP contribution is -2.34. The first-order chi connectivity index (χ1) is 8.58. The molecule has 0 radical (unpaired) electrons. The molecule has 0 atom stereocenters. The van der Waals surface area contributed by atoms with E-state index in [0.29, 0.717) is 5.56 Å². The number of phenolic OH excluding ortho intramolecular Hbond substituents is 1. The van der Waals surface area contributed by atoms with Gasteiger partial charge in [0.1, 0.15) is 5.75 Å². The number of carboxylic acids is 1. The predicted molar refractivity (Wildman–Crippen MR) is 64.4 cm³/mol. The molecule has 0 bridgehead atoms. The van der Waals surface area contributed by atoms with E-state index in [2.05, 4.69) is 0 Å². The van der Waals surface area contributed by atoms with Crippen molar-refractivity contribution in [2.75, 3.05) is 6.54 Å². The third-order valence-corrected chi connectivity index (χ3v) is 2.91. The number of amides is 1. The van der Waals surface area contributed by atoms with Gasteiger partial charge in [-0.25, -0.2) is 0 Å². The van der Waals surface area contributed by atoms with Crippen LogP contribution in [0, 0.1) is 0 Å². The van der Waals surface area contributed by atoms with Crippen molar-refractivity contribution in [3.05, 3.63) is 29.8 Å². The van der Waals surface area contributed by atoms with Gasteiger partial charge in [0, 0.05) is 18.2 Å². The molecule has 0 saturated heterocycles. The maximum Gasteiger partial charge on any atom is 0.305 e. The van der Waals surface area contributed by atoms with E-state index in [1.165, 1.54) is 12.1 Å². The van der Waals surface area contributed by atoms with E-state index >= 15 is 0 Å². The zero-order valence-electron chi connectivity index (χ0n) is 9.87. The number of carboxylic acid groups (broad SMARTS) is 1. The lowest BCUT2D eigenvalue weighted by atomic mass is 10.2. The molecule has 5 nitrogen and oxygen atoms in total. The molecule has 2 N–H and O–H groups in total. The summed E-state index contributed by atoms with van der Waals surface area (Å²) < 4.78 is 0. The summed E-state index contributed by atoms with van der Waals surface area (Å²) in [5.41, 5.74) is 0.396. The Bertz CT molecular complexity index is 468. The Morgan fingerprint density at radius 2 is 2.06 bits per heavy atom. The van der Waals surface area contributed by atoms with Crippen molar-refractivity contribution >= 4 is 11.9 Å². The van der Waals surface area contributed by atoms with Gasteiger partial charge in [0.25, 0.3) is 5.91 Å². The summed E-state index contributed by atoms with van der Waals surface area (Å²) >= 11 is 0. The molecule has 2 rings (SSSR count). The predicted octanol–water partition coefficient (Wildman–Crippen LogP) is 1.47. The van der Waals surface area contributed by atoms with Gasteiger partial charge in [-0.15, -0.1) is 0 Å². The first-order valence-corrected chi connectivity index (χ1v) is 5.89. The van der Waals surface area contributed by atoms with Gasteiger partial charge in [-0.1, -0.05) is 6.07 Å². The summed E-state index contributed by atoms with van der Waals surface area (Å²) in [6, 6.07) is 6.27. The van der Waals surface area contributed by atoms with Crippen LogP contribution in [-0.2, 0) is 4.79 Å². The quantitative estimate of drug-likeness (QED) is 0.828. The smallest absolute Gasteiger partial charge is 0.305 e. The van der Waals surface area contributed by atoms with E-state index in [1.54, 1.807) is 17.0 Å². The van der Waals surface area contributed by atoms with Crippen molar-refractivity contribution in [2.45, 2.75) is 25.3 Å². The highest BCUT2D eigenvalue weighted by Crippen LogP contribution is 2.28. The Morgan fingerprint density at radius 1 is 1.33 bits per heavy atom. The molecule has 18 heavy (non-hydrogen) atoms. The maximum atomic E-state index is 12.2. The zero-order chi connectivity index (χ0) is 13.1. The average molecular weight is 249 g/mol. The van der Waals surface area contributed by atoms with Gasteiger partial charge in [-0.2, -0.15) is 0 Å². The number of aliphatic carboxylic acids is 1. The summed E-state index contributed by atoms with van der Waals surface area (Å²) in [4.78, 5) is 24.4. The topological polar surface area (TPSA) is 77.8 Å². The lowest BCUT2D eigenvalue weighted by Gasteiger charge is -2.21. The van der Waals surface area contributed by atoms with Gasteiger partial charge < -0.3 is 15.1 Å². The lowest BCUT2D eigenvalue weighted by molar-refractivity contribution is -0.137. The molecule has 1 aliphatic rings. The second kappa shape index (κ2) is 5.08. The molecule has 0 spiro atoms. The standard InChI is InChI=1S/C13H15NO4/c15-11-3-1-2-9(8-11)13(18)14(10-4-5-10)7-6-12(16)17/h1-3,8,10,15H,4-7H2,(H,16,17). The number of hydrogen-bond donors (Lipinski definition) is 2. The van der Waals surface area contributed by atoms with Gasteiger partial charge in [0.15, 0.2) is 0 Å². The summed E-state index contributed by atoms with van der Waals surface area (Å²) in [6.07, 6.45) is 1.79. The molecule has 5 heteroatoms. The molecule has 1 amide bonds. The van der Waals surface area contributed by atoms with Crippen molar-refractivity contribution in [2.24, 2.45) is 0 Å². The fourth-order valence-electron chi connectivity index (χ4n) is 1.86. The SMILES string of the molecule is O=C(O)CCN(C(=O)c1cccc(O)c1)C1CC1. The largest absolute Gasteiger partial charge is 0.508 e. The van der Waals surface area contributed by atoms with E-state index in [0.717, 1.165) is 12.8 Å². The van der Waals surface area contributed by atoms with Crippen LogP contribution in [-0.4, -0.2) is 39.6 Å².